The summed E-state index contributed by atoms with van der Waals surface area (Å²) < 4.78 is 103. The van der Waals surface area contributed by atoms with E-state index in [-0.39, 0.29) is 83.4 Å². The summed E-state index contributed by atoms with van der Waals surface area (Å²) in [6, 6.07) is 34.9. The molecule has 112 heavy (non-hydrogen) atoms. The highest BCUT2D eigenvalue weighted by Crippen LogP contribution is 2.41. The van der Waals surface area contributed by atoms with Gasteiger partial charge in [-0.3, -0.25) is 5.10 Å². The van der Waals surface area contributed by atoms with E-state index in [0.29, 0.717) is 57.1 Å². The third-order valence-electron chi connectivity index (χ3n) is 16.4. The summed E-state index contributed by atoms with van der Waals surface area (Å²) in [6.07, 6.45) is 9.18. The van der Waals surface area contributed by atoms with Crippen LogP contribution in [0.25, 0.3) is 33.8 Å². The quantitative estimate of drug-likeness (QED) is 0.0237. The number of para-hydroxylation sites is 3. The fraction of sp³-hybridized carbons (Fsp3) is 0.260. The summed E-state index contributed by atoms with van der Waals surface area (Å²) in [5.41, 5.74) is 10.3. The summed E-state index contributed by atoms with van der Waals surface area (Å²) >= 11 is 19.2. The second-order valence-electron chi connectivity index (χ2n) is 26.8. The lowest BCUT2D eigenvalue weighted by Gasteiger charge is -2.19. The number of aromatic nitrogens is 11. The van der Waals surface area contributed by atoms with Gasteiger partial charge in [0, 0.05) is 57.1 Å². The van der Waals surface area contributed by atoms with Crippen LogP contribution in [0.2, 0.25) is 15.1 Å². The molecule has 588 valence electrons. The molecule has 0 bridgehead atoms. The van der Waals surface area contributed by atoms with Crippen molar-refractivity contribution in [2.45, 2.75) is 121 Å². The number of imidazole rings is 1. The molecule has 0 fully saturated rings. The van der Waals surface area contributed by atoms with E-state index in [0.717, 1.165) is 59.2 Å². The number of H-pyrrole nitrogens is 2. The second kappa shape index (κ2) is 36.0. The number of halogens is 3. The number of nitrogens with zero attached hydrogens (tertiary/aromatic N) is 11. The number of aromatic amines is 2. The number of ether oxygens (including phenoxy) is 3. The number of aryl methyl sites for hydroxylation is 4. The average Bonchev–Trinajstić information content (AvgIpc) is 0.979. The molecule has 0 amide bonds. The maximum Gasteiger partial charge on any atom is 0.244 e. The predicted molar refractivity (Wildman–Crippen MR) is 440 cm³/mol. The van der Waals surface area contributed by atoms with Crippen LogP contribution in [0, 0.1) is 27.7 Å². The molecule has 0 aliphatic carbocycles. The fourth-order valence-corrected chi connectivity index (χ4v) is 14.6. The molecule has 12 aromatic rings. The van der Waals surface area contributed by atoms with Crippen LogP contribution in [0.15, 0.2) is 178 Å². The molecular weight excluding hydrogens is 1550 g/mol. The summed E-state index contributed by atoms with van der Waals surface area (Å²) in [6.45, 7) is 22.8. The SMILES string of the molecule is Cc1cc(OC(C)C)c(Nc2ncc(Cl)c(Nc3ccccc3S(=O)(=O)C(C)C)n2)cc1-c1ccn[nH]1.Cc1cc(OC(C)C)c(Nc2ncc(Cl)c(Nc3ccccc3S(=O)(=O)N(C)C)n2)cc1-c1ccno1.Cc1ncc(-c2cc(Nc3ncc(Cl)c(Nc4ccccc4S(=O)(=O)N(C)C)n3)c(OC(C)C)cc2C)[nH]1. The monoisotopic (exact) mass is 1640 g/mol. The molecule has 0 aliphatic heterocycles. The Bertz CT molecular complexity index is 5450. The Hall–Kier alpha value is -11.0. The van der Waals surface area contributed by atoms with Gasteiger partial charge in [-0.1, -0.05) is 76.4 Å². The number of rotatable bonds is 27. The van der Waals surface area contributed by atoms with E-state index in [1.807, 2.05) is 112 Å². The minimum atomic E-state index is -3.71. The Morgan fingerprint density at radius 2 is 0.804 bits per heavy atom. The maximum atomic E-state index is 12.9. The van der Waals surface area contributed by atoms with Crippen molar-refractivity contribution in [2.75, 3.05) is 60.1 Å². The van der Waals surface area contributed by atoms with Crippen LogP contribution >= 0.6 is 34.8 Å². The van der Waals surface area contributed by atoms with Gasteiger partial charge in [-0.05, 0) is 179 Å². The number of hydrogen-bond acceptors (Lipinski definition) is 25. The molecule has 29 nitrogen and oxygen atoms in total. The van der Waals surface area contributed by atoms with Crippen molar-refractivity contribution >= 4 is 134 Å². The van der Waals surface area contributed by atoms with Crippen LogP contribution in [0.5, 0.6) is 17.2 Å². The highest BCUT2D eigenvalue weighted by molar-refractivity contribution is 7.92. The highest BCUT2D eigenvalue weighted by atomic mass is 35.5. The average molecular weight is 1640 g/mol. The Morgan fingerprint density at radius 1 is 0.429 bits per heavy atom. The molecule has 0 atom stereocenters. The van der Waals surface area contributed by atoms with Crippen molar-refractivity contribution in [1.82, 2.24) is 63.8 Å². The maximum absolute atomic E-state index is 12.9. The molecule has 0 radical (unpaired) electrons. The van der Waals surface area contributed by atoms with Crippen molar-refractivity contribution in [3.05, 3.63) is 196 Å². The first-order valence-electron chi connectivity index (χ1n) is 35.0. The minimum absolute atomic E-state index is 0.0549. The Balaban J connectivity index is 0.000000178. The zero-order chi connectivity index (χ0) is 81.1. The summed E-state index contributed by atoms with van der Waals surface area (Å²) in [5.74, 6) is 4.75. The van der Waals surface area contributed by atoms with Gasteiger partial charge in [0.05, 0.1) is 105 Å². The van der Waals surface area contributed by atoms with Crippen molar-refractivity contribution in [3.8, 4) is 51.1 Å². The van der Waals surface area contributed by atoms with Crippen LogP contribution in [0.4, 0.5) is 69.4 Å². The van der Waals surface area contributed by atoms with Crippen LogP contribution in [-0.2, 0) is 29.9 Å². The van der Waals surface area contributed by atoms with E-state index >= 15 is 0 Å². The standard InChI is InChI=1S/C26H30ClN7O3S.C26H29ClN6O3S.C25H27ClN6O4S/c1-15(2)37-23-11-16(3)18(22-14-28-17(4)30-22)12-21(23)32-26-29-13-19(27)25(33-26)31-20-9-7-8-10-24(20)38(35,36)34(5)6;1-15(2)36-23-12-17(5)18(20-10-11-29-33-20)13-22(23)31-26-28-14-19(27)25(32-26)30-21-8-6-7-9-24(21)37(34,35)16(3)4;1-15(2)35-22-12-16(3)17(21-10-11-28-36-21)13-20(22)30-25-27-14-18(26)24(31-25)29-19-8-6-7-9-23(19)37(33,34)32(4)5/h7-15H,1-6H3,(H,28,30)(H2,29,31,32,33);6-16H,1-5H3,(H,29,33)(H2,28,30,31,32);6-15H,1-5H3,(H2,27,29,30,31). The first kappa shape index (κ1) is 83.5. The van der Waals surface area contributed by atoms with Gasteiger partial charge in [-0.15, -0.1) is 0 Å². The molecule has 0 saturated heterocycles. The van der Waals surface area contributed by atoms with Gasteiger partial charge < -0.3 is 55.6 Å². The summed E-state index contributed by atoms with van der Waals surface area (Å²) in [5, 5.41) is 29.7. The number of benzene rings is 6. The van der Waals surface area contributed by atoms with Crippen LogP contribution in [0.1, 0.15) is 77.9 Å². The summed E-state index contributed by atoms with van der Waals surface area (Å²) in [7, 11) is -5.06. The van der Waals surface area contributed by atoms with Crippen LogP contribution in [-0.4, -0.2) is 141 Å². The van der Waals surface area contributed by atoms with Crippen molar-refractivity contribution in [1.29, 1.82) is 0 Å². The van der Waals surface area contributed by atoms with E-state index in [1.165, 1.54) is 58.9 Å². The molecule has 0 spiro atoms. The fourth-order valence-electron chi connectivity index (χ4n) is 10.9. The van der Waals surface area contributed by atoms with E-state index in [9.17, 15) is 25.3 Å². The van der Waals surface area contributed by atoms with Crippen LogP contribution < -0.4 is 46.1 Å². The Kier molecular flexibility index (Phi) is 26.9. The van der Waals surface area contributed by atoms with Gasteiger partial charge in [0.25, 0.3) is 0 Å². The second-order valence-corrected chi connectivity index (χ2v) is 34.7. The Morgan fingerprint density at radius 3 is 1.15 bits per heavy atom. The van der Waals surface area contributed by atoms with Crippen molar-refractivity contribution in [3.63, 3.8) is 0 Å². The molecule has 8 N–H and O–H groups in total. The van der Waals surface area contributed by atoms with Crippen LogP contribution in [0.3, 0.4) is 0 Å². The minimum Gasteiger partial charge on any atom is -0.489 e. The van der Waals surface area contributed by atoms with Gasteiger partial charge in [-0.2, -0.15) is 20.1 Å². The third kappa shape index (κ3) is 20.4. The van der Waals surface area contributed by atoms with E-state index in [1.54, 1.807) is 99.2 Å². The van der Waals surface area contributed by atoms with Gasteiger partial charge in [-0.25, -0.2) is 53.8 Å². The number of sulfonamides is 2. The number of hydrogen-bond donors (Lipinski definition) is 8. The third-order valence-corrected chi connectivity index (χ3v) is 23.2. The smallest absolute Gasteiger partial charge is 0.244 e. The molecule has 12 rings (SSSR count). The van der Waals surface area contributed by atoms with E-state index < -0.39 is 35.1 Å². The number of nitrogens with one attached hydrogen (secondary N) is 8. The molecule has 6 aromatic heterocycles. The normalized spacial score (nSPS) is 11.7. The van der Waals surface area contributed by atoms with E-state index in [2.05, 4.69) is 87.1 Å². The molecule has 6 aromatic carbocycles. The molecule has 0 unspecified atom stereocenters. The lowest BCUT2D eigenvalue weighted by molar-refractivity contribution is 0.243. The zero-order valence-corrected chi connectivity index (χ0v) is 68.9. The molecule has 6 heterocycles. The first-order chi connectivity index (χ1) is 53.1. The zero-order valence-electron chi connectivity index (χ0n) is 64.2. The topological polar surface area (TPSA) is 369 Å². The molecule has 35 heteroatoms. The largest absolute Gasteiger partial charge is 0.489 e. The van der Waals surface area contributed by atoms with Gasteiger partial charge in [0.1, 0.15) is 47.9 Å². The molecule has 0 aliphatic rings. The van der Waals surface area contributed by atoms with Gasteiger partial charge >= 0.3 is 0 Å². The lowest BCUT2D eigenvalue weighted by Crippen LogP contribution is -2.23. The number of sulfone groups is 1. The first-order valence-corrected chi connectivity index (χ1v) is 40.6. The molecule has 0 saturated carbocycles. The number of anilines is 12. The van der Waals surface area contributed by atoms with E-state index in [4.69, 9.17) is 53.5 Å². The lowest BCUT2D eigenvalue weighted by atomic mass is 10.0. The molecular formula is C77H86Cl3N19O10S3. The van der Waals surface area contributed by atoms with Gasteiger partial charge in [0.2, 0.25) is 37.9 Å². The predicted octanol–water partition coefficient (Wildman–Crippen LogP) is 17.6. The van der Waals surface area contributed by atoms with Crippen molar-refractivity contribution in [2.24, 2.45) is 0 Å². The summed E-state index contributed by atoms with van der Waals surface area (Å²) in [4.78, 5) is 34.4. The van der Waals surface area contributed by atoms with Crippen molar-refractivity contribution < 1.29 is 44.0 Å². The highest BCUT2D eigenvalue weighted by Gasteiger charge is 2.27. The Labute approximate surface area is 666 Å². The van der Waals surface area contributed by atoms with Gasteiger partial charge in [0.15, 0.2) is 33.1 Å².